The smallest absolute Gasteiger partial charge is 0.00488 e. The molecule has 96 valence electrons. The molecule has 0 aliphatic heterocycles. The van der Waals surface area contributed by atoms with E-state index in [9.17, 15) is 0 Å². The highest BCUT2D eigenvalue weighted by Crippen LogP contribution is 2.48. The van der Waals surface area contributed by atoms with Gasteiger partial charge in [-0.3, -0.25) is 0 Å². The zero-order valence-electron chi connectivity index (χ0n) is 11.9. The van der Waals surface area contributed by atoms with Crippen LogP contribution in [-0.4, -0.2) is 6.54 Å². The first-order valence-corrected chi connectivity index (χ1v) is 7.22. The molecule has 1 nitrogen and oxygen atoms in total. The normalized spacial score (nSPS) is 41.2. The Kier molecular flexibility index (Phi) is 5.30. The van der Waals surface area contributed by atoms with Crippen LogP contribution < -0.4 is 5.73 Å². The van der Waals surface area contributed by atoms with E-state index in [1.165, 1.54) is 19.3 Å². The molecule has 1 fully saturated rings. The van der Waals surface area contributed by atoms with Crippen molar-refractivity contribution in [2.75, 3.05) is 6.54 Å². The monoisotopic (exact) mass is 225 g/mol. The Bertz CT molecular complexity index is 188. The molecular formula is C15H31N. The van der Waals surface area contributed by atoms with Gasteiger partial charge in [0.05, 0.1) is 0 Å². The van der Waals surface area contributed by atoms with Crippen molar-refractivity contribution in [1.82, 2.24) is 0 Å². The van der Waals surface area contributed by atoms with Crippen molar-refractivity contribution in [3.63, 3.8) is 0 Å². The summed E-state index contributed by atoms with van der Waals surface area (Å²) in [4.78, 5) is 0. The van der Waals surface area contributed by atoms with Gasteiger partial charge in [0.25, 0.3) is 0 Å². The fraction of sp³-hybridized carbons (Fsp3) is 1.00. The third-order valence-electron chi connectivity index (χ3n) is 5.47. The summed E-state index contributed by atoms with van der Waals surface area (Å²) in [5, 5.41) is 0. The zero-order chi connectivity index (χ0) is 12.3. The second-order valence-electron chi connectivity index (χ2n) is 6.23. The fourth-order valence-electron chi connectivity index (χ4n) is 3.77. The van der Waals surface area contributed by atoms with Gasteiger partial charge in [0, 0.05) is 0 Å². The molecule has 0 aromatic rings. The molecule has 0 spiro atoms. The standard InChI is InChI=1S/C15H31N/c1-6-7-14(9-16)8-15-12(4)10(2)11(3)13(15)5/h10-15H,6-9,16H2,1-5H3. The minimum absolute atomic E-state index is 0.761. The van der Waals surface area contributed by atoms with E-state index in [2.05, 4.69) is 34.6 Å². The van der Waals surface area contributed by atoms with Crippen LogP contribution in [-0.2, 0) is 0 Å². The van der Waals surface area contributed by atoms with Gasteiger partial charge in [-0.05, 0) is 54.9 Å². The highest BCUT2D eigenvalue weighted by Gasteiger charge is 2.41. The van der Waals surface area contributed by atoms with Crippen LogP contribution >= 0.6 is 0 Å². The Balaban J connectivity index is 2.59. The molecular weight excluding hydrogens is 194 g/mol. The Morgan fingerprint density at radius 2 is 1.44 bits per heavy atom. The summed E-state index contributed by atoms with van der Waals surface area (Å²) in [6, 6.07) is 0. The Hall–Kier alpha value is -0.0400. The third-order valence-corrected chi connectivity index (χ3v) is 5.47. The molecule has 0 amide bonds. The largest absolute Gasteiger partial charge is 0.330 e. The van der Waals surface area contributed by atoms with E-state index in [4.69, 9.17) is 5.73 Å². The molecule has 1 aliphatic rings. The van der Waals surface area contributed by atoms with Crippen LogP contribution in [0.1, 0.15) is 53.9 Å². The van der Waals surface area contributed by atoms with Gasteiger partial charge < -0.3 is 5.73 Å². The van der Waals surface area contributed by atoms with Crippen LogP contribution in [0.25, 0.3) is 0 Å². The van der Waals surface area contributed by atoms with E-state index >= 15 is 0 Å². The number of hydrogen-bond donors (Lipinski definition) is 1. The maximum Gasteiger partial charge on any atom is -0.00488 e. The quantitative estimate of drug-likeness (QED) is 0.754. The maximum absolute atomic E-state index is 5.90. The second-order valence-corrected chi connectivity index (χ2v) is 6.23. The maximum atomic E-state index is 5.90. The van der Waals surface area contributed by atoms with E-state index in [1.54, 1.807) is 0 Å². The van der Waals surface area contributed by atoms with Gasteiger partial charge in [0.15, 0.2) is 0 Å². The van der Waals surface area contributed by atoms with Gasteiger partial charge >= 0.3 is 0 Å². The molecule has 1 rings (SSSR count). The summed E-state index contributed by atoms with van der Waals surface area (Å²) < 4.78 is 0. The van der Waals surface area contributed by atoms with E-state index in [0.717, 1.165) is 42.1 Å². The van der Waals surface area contributed by atoms with Crippen molar-refractivity contribution < 1.29 is 0 Å². The van der Waals surface area contributed by atoms with Crippen molar-refractivity contribution in [2.24, 2.45) is 41.2 Å². The number of hydrogen-bond acceptors (Lipinski definition) is 1. The zero-order valence-corrected chi connectivity index (χ0v) is 11.9. The first-order valence-electron chi connectivity index (χ1n) is 7.22. The lowest BCUT2D eigenvalue weighted by molar-refractivity contribution is 0.246. The summed E-state index contributed by atoms with van der Waals surface area (Å²) in [6.45, 7) is 12.9. The van der Waals surface area contributed by atoms with Gasteiger partial charge in [-0.25, -0.2) is 0 Å². The molecule has 5 atom stereocenters. The molecule has 16 heavy (non-hydrogen) atoms. The molecule has 0 radical (unpaired) electrons. The Morgan fingerprint density at radius 1 is 0.938 bits per heavy atom. The highest BCUT2D eigenvalue weighted by atomic mass is 14.6. The van der Waals surface area contributed by atoms with Crippen LogP contribution in [0, 0.1) is 35.5 Å². The van der Waals surface area contributed by atoms with E-state index in [-0.39, 0.29) is 0 Å². The summed E-state index contributed by atoms with van der Waals surface area (Å²) >= 11 is 0. The van der Waals surface area contributed by atoms with Crippen LogP contribution in [0.15, 0.2) is 0 Å². The summed E-state index contributed by atoms with van der Waals surface area (Å²) in [5.41, 5.74) is 5.90. The van der Waals surface area contributed by atoms with Gasteiger partial charge in [0.2, 0.25) is 0 Å². The molecule has 0 aromatic heterocycles. The number of nitrogens with two attached hydrogens (primary N) is 1. The summed E-state index contributed by atoms with van der Waals surface area (Å²) in [7, 11) is 0. The van der Waals surface area contributed by atoms with Crippen LogP contribution in [0.4, 0.5) is 0 Å². The third kappa shape index (κ3) is 2.80. The molecule has 2 N–H and O–H groups in total. The van der Waals surface area contributed by atoms with Gasteiger partial charge in [-0.15, -0.1) is 0 Å². The van der Waals surface area contributed by atoms with Gasteiger partial charge in [-0.1, -0.05) is 41.0 Å². The first-order chi connectivity index (χ1) is 7.52. The lowest BCUT2D eigenvalue weighted by Gasteiger charge is -2.26. The minimum Gasteiger partial charge on any atom is -0.330 e. The molecule has 0 bridgehead atoms. The van der Waals surface area contributed by atoms with Crippen LogP contribution in [0.5, 0.6) is 0 Å². The van der Waals surface area contributed by atoms with Crippen LogP contribution in [0.3, 0.4) is 0 Å². The Labute approximate surface area is 102 Å². The van der Waals surface area contributed by atoms with Crippen molar-refractivity contribution in [3.8, 4) is 0 Å². The first kappa shape index (κ1) is 14.0. The SMILES string of the molecule is CCCC(CN)CC1C(C)C(C)C(C)C1C. The van der Waals surface area contributed by atoms with Crippen molar-refractivity contribution in [3.05, 3.63) is 0 Å². The van der Waals surface area contributed by atoms with E-state index < -0.39 is 0 Å². The summed E-state index contributed by atoms with van der Waals surface area (Å²) in [5.74, 6) is 5.22. The van der Waals surface area contributed by atoms with E-state index in [1.807, 2.05) is 0 Å². The van der Waals surface area contributed by atoms with Gasteiger partial charge in [-0.2, -0.15) is 0 Å². The van der Waals surface area contributed by atoms with Gasteiger partial charge in [0.1, 0.15) is 0 Å². The lowest BCUT2D eigenvalue weighted by Crippen LogP contribution is -2.22. The minimum atomic E-state index is 0.761. The molecule has 0 heterocycles. The second kappa shape index (κ2) is 6.05. The molecule has 0 saturated heterocycles. The van der Waals surface area contributed by atoms with Crippen molar-refractivity contribution >= 4 is 0 Å². The highest BCUT2D eigenvalue weighted by molar-refractivity contribution is 4.90. The molecule has 0 aromatic carbocycles. The predicted octanol–water partition coefficient (Wildman–Crippen LogP) is 3.93. The Morgan fingerprint density at radius 3 is 1.81 bits per heavy atom. The molecule has 1 heteroatoms. The molecule has 1 aliphatic carbocycles. The molecule has 1 saturated carbocycles. The van der Waals surface area contributed by atoms with Crippen LogP contribution in [0.2, 0.25) is 0 Å². The number of rotatable bonds is 5. The van der Waals surface area contributed by atoms with E-state index in [0.29, 0.717) is 0 Å². The topological polar surface area (TPSA) is 26.0 Å². The average molecular weight is 225 g/mol. The van der Waals surface area contributed by atoms with Crippen molar-refractivity contribution in [2.45, 2.75) is 53.9 Å². The lowest BCUT2D eigenvalue weighted by atomic mass is 9.80. The average Bonchev–Trinajstić information content (AvgIpc) is 2.46. The fourth-order valence-corrected chi connectivity index (χ4v) is 3.77. The predicted molar refractivity (Wildman–Crippen MR) is 72.2 cm³/mol. The summed E-state index contributed by atoms with van der Waals surface area (Å²) in [6.07, 6.45) is 3.96. The molecule has 5 unspecified atom stereocenters. The van der Waals surface area contributed by atoms with Crippen molar-refractivity contribution in [1.29, 1.82) is 0 Å².